The minimum absolute atomic E-state index is 0.0458. The number of nitriles is 3. The van der Waals surface area contributed by atoms with Crippen LogP contribution in [0.5, 0.6) is 0 Å². The fourth-order valence-corrected chi connectivity index (χ4v) is 2.73. The van der Waals surface area contributed by atoms with Gasteiger partial charge in [0.15, 0.2) is 5.57 Å². The number of aryl methyl sites for hydroxylation is 1. The Labute approximate surface area is 149 Å². The number of sulfonamides is 1. The highest BCUT2D eigenvalue weighted by Gasteiger charge is 2.16. The molecule has 0 radical (unpaired) electrons. The van der Waals surface area contributed by atoms with E-state index in [0.29, 0.717) is 5.69 Å². The van der Waals surface area contributed by atoms with Crippen LogP contribution in [0, 0.1) is 40.9 Å². The normalized spacial score (nSPS) is 9.92. The van der Waals surface area contributed by atoms with Gasteiger partial charge in [0.2, 0.25) is 5.95 Å². The minimum Gasteiger partial charge on any atom is -0.345 e. The van der Waals surface area contributed by atoms with Gasteiger partial charge in [-0.05, 0) is 36.8 Å². The van der Waals surface area contributed by atoms with Gasteiger partial charge in [0.05, 0.1) is 4.90 Å². The third-order valence-corrected chi connectivity index (χ3v) is 4.37. The molecule has 2 aromatic rings. The molecule has 0 aliphatic rings. The fourth-order valence-electron chi connectivity index (χ4n) is 1.77. The van der Waals surface area contributed by atoms with E-state index in [1.807, 2.05) is 0 Å². The molecular formula is C16H11N7O2S. The lowest BCUT2D eigenvalue weighted by atomic mass is 10.2. The van der Waals surface area contributed by atoms with Gasteiger partial charge < -0.3 is 5.32 Å². The van der Waals surface area contributed by atoms with E-state index < -0.39 is 10.0 Å². The maximum Gasteiger partial charge on any atom is 0.264 e. The molecule has 2 N–H and O–H groups in total. The number of allylic oxidation sites excluding steroid dienone is 2. The molecule has 0 aliphatic carbocycles. The van der Waals surface area contributed by atoms with E-state index >= 15 is 0 Å². The van der Waals surface area contributed by atoms with E-state index in [0.717, 1.165) is 5.56 Å². The summed E-state index contributed by atoms with van der Waals surface area (Å²) in [5, 5.41) is 29.2. The summed E-state index contributed by atoms with van der Waals surface area (Å²) in [6.07, 6.45) is 2.96. The molecule has 9 nitrogen and oxygen atoms in total. The van der Waals surface area contributed by atoms with E-state index in [-0.39, 0.29) is 22.1 Å². The second-order valence-electron chi connectivity index (χ2n) is 4.92. The Morgan fingerprint density at radius 1 is 1.00 bits per heavy atom. The first kappa shape index (κ1) is 18.4. The Morgan fingerprint density at radius 3 is 2.08 bits per heavy atom. The molecule has 10 heteroatoms. The smallest absolute Gasteiger partial charge is 0.264 e. The zero-order valence-corrected chi connectivity index (χ0v) is 14.2. The molecular weight excluding hydrogens is 354 g/mol. The highest BCUT2D eigenvalue weighted by atomic mass is 32.2. The number of nitrogens with one attached hydrogen (secondary N) is 2. The average Bonchev–Trinajstić information content (AvgIpc) is 2.64. The van der Waals surface area contributed by atoms with Crippen molar-refractivity contribution in [1.29, 1.82) is 15.8 Å². The molecule has 0 saturated carbocycles. The number of hydrogen-bond donors (Lipinski definition) is 2. The summed E-state index contributed by atoms with van der Waals surface area (Å²) >= 11 is 0. The third-order valence-electron chi connectivity index (χ3n) is 3.03. The molecule has 0 saturated heterocycles. The first-order valence-corrected chi connectivity index (χ1v) is 8.51. The van der Waals surface area contributed by atoms with Crippen molar-refractivity contribution >= 4 is 21.7 Å². The van der Waals surface area contributed by atoms with Crippen LogP contribution >= 0.6 is 0 Å². The molecule has 128 valence electrons. The van der Waals surface area contributed by atoms with Gasteiger partial charge in [-0.15, -0.1) is 0 Å². The summed E-state index contributed by atoms with van der Waals surface area (Å²) in [4.78, 5) is 7.71. The fraction of sp³-hybridized carbons (Fsp3) is 0.0625. The Kier molecular flexibility index (Phi) is 5.49. The van der Waals surface area contributed by atoms with Gasteiger partial charge in [-0.3, -0.25) is 0 Å². The van der Waals surface area contributed by atoms with E-state index in [1.165, 1.54) is 36.7 Å². The van der Waals surface area contributed by atoms with E-state index in [4.69, 9.17) is 15.8 Å². The number of benzene rings is 1. The summed E-state index contributed by atoms with van der Waals surface area (Å²) in [5.41, 5.74) is 0.535. The van der Waals surface area contributed by atoms with Gasteiger partial charge in [-0.2, -0.15) is 15.8 Å². The van der Waals surface area contributed by atoms with Crippen molar-refractivity contribution in [3.63, 3.8) is 0 Å². The van der Waals surface area contributed by atoms with Crippen molar-refractivity contribution in [3.8, 4) is 18.2 Å². The first-order valence-electron chi connectivity index (χ1n) is 7.02. The molecule has 1 aromatic carbocycles. The number of anilines is 2. The Morgan fingerprint density at radius 2 is 1.58 bits per heavy atom. The summed E-state index contributed by atoms with van der Waals surface area (Å²) in [6, 6.07) is 10.3. The summed E-state index contributed by atoms with van der Waals surface area (Å²) in [6.45, 7) is 1.78. The van der Waals surface area contributed by atoms with Gasteiger partial charge in [-0.25, -0.2) is 23.1 Å². The zero-order chi connectivity index (χ0) is 19.2. The predicted molar refractivity (Wildman–Crippen MR) is 91.5 cm³/mol. The minimum atomic E-state index is -3.89. The quantitative estimate of drug-likeness (QED) is 0.760. The highest BCUT2D eigenvalue weighted by Crippen LogP contribution is 2.18. The molecule has 1 heterocycles. The Balaban J connectivity index is 2.22. The largest absolute Gasteiger partial charge is 0.345 e. The molecule has 0 bridgehead atoms. The lowest BCUT2D eigenvalue weighted by Gasteiger charge is -2.08. The molecule has 0 unspecified atom stereocenters. The second-order valence-corrected chi connectivity index (χ2v) is 6.61. The van der Waals surface area contributed by atoms with E-state index in [9.17, 15) is 8.42 Å². The van der Waals surface area contributed by atoms with E-state index in [1.54, 1.807) is 25.1 Å². The monoisotopic (exact) mass is 365 g/mol. The molecule has 0 aliphatic heterocycles. The standard InChI is InChI=1S/C16H11N7O2S/c1-11-9-20-16(21-10-11)23-26(24,25)14-4-2-13(3-5-14)22-15(8-19)12(6-17)7-18/h2-5,9-10,22H,1H3,(H,20,21,23). The van der Waals surface area contributed by atoms with Crippen LogP contribution in [0.15, 0.2) is 52.8 Å². The van der Waals surface area contributed by atoms with Gasteiger partial charge in [0.1, 0.15) is 23.9 Å². The van der Waals surface area contributed by atoms with Crippen LogP contribution in [0.25, 0.3) is 0 Å². The Bertz CT molecular complexity index is 1050. The van der Waals surface area contributed by atoms with Crippen LogP contribution in [0.1, 0.15) is 5.56 Å². The van der Waals surface area contributed by atoms with Crippen molar-refractivity contribution in [2.45, 2.75) is 11.8 Å². The molecule has 0 spiro atoms. The van der Waals surface area contributed by atoms with Crippen molar-refractivity contribution < 1.29 is 8.42 Å². The van der Waals surface area contributed by atoms with Gasteiger partial charge >= 0.3 is 0 Å². The van der Waals surface area contributed by atoms with Crippen LogP contribution in [0.2, 0.25) is 0 Å². The van der Waals surface area contributed by atoms with Crippen molar-refractivity contribution in [3.05, 3.63) is 53.5 Å². The predicted octanol–water partition coefficient (Wildman–Crippen LogP) is 1.82. The number of nitrogens with zero attached hydrogens (tertiary/aromatic N) is 5. The number of hydrogen-bond acceptors (Lipinski definition) is 8. The average molecular weight is 365 g/mol. The maximum absolute atomic E-state index is 12.3. The van der Waals surface area contributed by atoms with Crippen LogP contribution in [0.4, 0.5) is 11.6 Å². The molecule has 0 amide bonds. The molecule has 26 heavy (non-hydrogen) atoms. The summed E-state index contributed by atoms with van der Waals surface area (Å²) in [5.74, 6) is -0.0554. The van der Waals surface area contributed by atoms with Crippen molar-refractivity contribution in [1.82, 2.24) is 9.97 Å². The lowest BCUT2D eigenvalue weighted by molar-refractivity contribution is 0.601. The molecule has 2 rings (SSSR count). The number of aromatic nitrogens is 2. The molecule has 1 aromatic heterocycles. The molecule has 0 fully saturated rings. The zero-order valence-electron chi connectivity index (χ0n) is 13.4. The third kappa shape index (κ3) is 4.32. The maximum atomic E-state index is 12.3. The van der Waals surface area contributed by atoms with E-state index in [2.05, 4.69) is 20.0 Å². The van der Waals surface area contributed by atoms with Gasteiger partial charge in [-0.1, -0.05) is 0 Å². The van der Waals surface area contributed by atoms with Gasteiger partial charge in [0, 0.05) is 18.1 Å². The summed E-state index contributed by atoms with van der Waals surface area (Å²) < 4.78 is 26.9. The first-order chi connectivity index (χ1) is 12.4. The SMILES string of the molecule is Cc1cnc(NS(=O)(=O)c2ccc(NC(C#N)=C(C#N)C#N)cc2)nc1. The van der Waals surface area contributed by atoms with Crippen LogP contribution in [-0.4, -0.2) is 18.4 Å². The van der Waals surface area contributed by atoms with Crippen LogP contribution in [0.3, 0.4) is 0 Å². The second kappa shape index (κ2) is 7.75. The van der Waals surface area contributed by atoms with Crippen LogP contribution in [-0.2, 0) is 10.0 Å². The highest BCUT2D eigenvalue weighted by molar-refractivity contribution is 7.92. The number of rotatable bonds is 5. The van der Waals surface area contributed by atoms with Crippen molar-refractivity contribution in [2.24, 2.45) is 0 Å². The van der Waals surface area contributed by atoms with Crippen molar-refractivity contribution in [2.75, 3.05) is 10.0 Å². The lowest BCUT2D eigenvalue weighted by Crippen LogP contribution is -2.15. The summed E-state index contributed by atoms with van der Waals surface area (Å²) in [7, 11) is -3.89. The Hall–Kier alpha value is -3.94. The molecule has 0 atom stereocenters. The van der Waals surface area contributed by atoms with Crippen LogP contribution < -0.4 is 10.0 Å². The van der Waals surface area contributed by atoms with Gasteiger partial charge in [0.25, 0.3) is 10.0 Å². The topological polar surface area (TPSA) is 155 Å².